The zero-order valence-electron chi connectivity index (χ0n) is 15.9. The quantitative estimate of drug-likeness (QED) is 0.317. The van der Waals surface area contributed by atoms with Crippen LogP contribution in [-0.4, -0.2) is 23.5 Å². The van der Waals surface area contributed by atoms with Crippen LogP contribution in [0.15, 0.2) is 72.8 Å². The largest absolute Gasteiger partial charge is 0.384 e. The van der Waals surface area contributed by atoms with E-state index in [0.29, 0.717) is 22.5 Å². The third-order valence-corrected chi connectivity index (χ3v) is 4.43. The van der Waals surface area contributed by atoms with Gasteiger partial charge in [-0.25, -0.2) is 0 Å². The highest BCUT2D eigenvalue weighted by atomic mass is 16.2. The number of nitrogens with one attached hydrogen (secondary N) is 2. The summed E-state index contributed by atoms with van der Waals surface area (Å²) in [5.41, 5.74) is 18.8. The zero-order valence-corrected chi connectivity index (χ0v) is 15.9. The summed E-state index contributed by atoms with van der Waals surface area (Å²) < 4.78 is 0. The first-order chi connectivity index (χ1) is 14.3. The van der Waals surface area contributed by atoms with E-state index in [0.717, 1.165) is 0 Å². The van der Waals surface area contributed by atoms with E-state index in [4.69, 9.17) is 28.0 Å². The first-order valence-corrected chi connectivity index (χ1v) is 8.91. The number of amides is 2. The Bertz CT molecular complexity index is 1110. The summed E-state index contributed by atoms with van der Waals surface area (Å²) in [4.78, 5) is 26.4. The lowest BCUT2D eigenvalue weighted by Crippen LogP contribution is -2.27. The number of nitrogen functional groups attached to an aromatic ring is 2. The lowest BCUT2D eigenvalue weighted by Gasteiger charge is -2.24. The lowest BCUT2D eigenvalue weighted by atomic mass is 10.1. The monoisotopic (exact) mass is 400 g/mol. The Morgan fingerprint density at radius 2 is 1.07 bits per heavy atom. The average Bonchev–Trinajstić information content (AvgIpc) is 2.74. The molecule has 0 aliphatic heterocycles. The van der Waals surface area contributed by atoms with Gasteiger partial charge in [0.15, 0.2) is 0 Å². The third-order valence-electron chi connectivity index (χ3n) is 4.43. The minimum atomic E-state index is -0.645. The molecule has 0 saturated carbocycles. The molecule has 0 aromatic heterocycles. The number of hydrogen-bond acceptors (Lipinski definition) is 4. The van der Waals surface area contributed by atoms with Crippen LogP contribution in [0.5, 0.6) is 0 Å². The van der Waals surface area contributed by atoms with Crippen LogP contribution in [0.2, 0.25) is 0 Å². The predicted molar refractivity (Wildman–Crippen MR) is 116 cm³/mol. The smallest absolute Gasteiger partial charge is 0.262 e. The minimum absolute atomic E-state index is 0.141. The van der Waals surface area contributed by atoms with Gasteiger partial charge in [-0.05, 0) is 42.5 Å². The molecular weight excluding hydrogens is 380 g/mol. The SMILES string of the molecule is N=C(N)c1cccc(N(C(=O)c2cccc(C(N)=O)c2)c2cccc(C(=N)N)c2)c1. The van der Waals surface area contributed by atoms with Gasteiger partial charge in [-0.2, -0.15) is 0 Å². The molecular formula is C22H20N6O2. The molecule has 0 unspecified atom stereocenters. The van der Waals surface area contributed by atoms with E-state index in [1.807, 2.05) is 0 Å². The van der Waals surface area contributed by atoms with Gasteiger partial charge in [0.05, 0.1) is 0 Å². The number of anilines is 2. The Balaban J connectivity index is 2.18. The van der Waals surface area contributed by atoms with Crippen LogP contribution < -0.4 is 22.1 Å². The Hall–Kier alpha value is -4.46. The lowest BCUT2D eigenvalue weighted by molar-refractivity contribution is 0.0998. The highest BCUT2D eigenvalue weighted by molar-refractivity contribution is 6.13. The molecule has 0 fully saturated rings. The molecule has 3 rings (SSSR count). The Morgan fingerprint density at radius 3 is 1.53 bits per heavy atom. The van der Waals surface area contributed by atoms with Crippen molar-refractivity contribution in [3.05, 3.63) is 95.1 Å². The molecule has 3 aromatic rings. The first kappa shape index (κ1) is 20.3. The summed E-state index contributed by atoms with van der Waals surface area (Å²) in [6.07, 6.45) is 0. The molecule has 0 radical (unpaired) electrons. The Labute approximate surface area is 172 Å². The molecule has 2 amide bonds. The molecule has 0 aliphatic carbocycles. The van der Waals surface area contributed by atoms with E-state index < -0.39 is 11.8 Å². The van der Waals surface area contributed by atoms with Crippen LogP contribution in [0, 0.1) is 10.8 Å². The van der Waals surface area contributed by atoms with E-state index in [1.54, 1.807) is 60.7 Å². The van der Waals surface area contributed by atoms with E-state index in [-0.39, 0.29) is 22.8 Å². The maximum Gasteiger partial charge on any atom is 0.262 e. The molecule has 0 spiro atoms. The van der Waals surface area contributed by atoms with E-state index >= 15 is 0 Å². The van der Waals surface area contributed by atoms with Gasteiger partial charge < -0.3 is 17.2 Å². The van der Waals surface area contributed by atoms with Crippen molar-refractivity contribution in [1.82, 2.24) is 0 Å². The van der Waals surface area contributed by atoms with Crippen LogP contribution in [0.1, 0.15) is 31.8 Å². The van der Waals surface area contributed by atoms with E-state index in [1.165, 1.54) is 17.0 Å². The van der Waals surface area contributed by atoms with E-state index in [9.17, 15) is 9.59 Å². The number of carbonyl (C=O) groups excluding carboxylic acids is 2. The minimum Gasteiger partial charge on any atom is -0.384 e. The first-order valence-electron chi connectivity index (χ1n) is 8.91. The van der Waals surface area contributed by atoms with Crippen molar-refractivity contribution in [2.75, 3.05) is 4.90 Å². The summed E-state index contributed by atoms with van der Waals surface area (Å²) in [5.74, 6) is -1.36. The maximum absolute atomic E-state index is 13.5. The number of benzene rings is 3. The van der Waals surface area contributed by atoms with Crippen LogP contribution >= 0.6 is 0 Å². The normalized spacial score (nSPS) is 10.3. The highest BCUT2D eigenvalue weighted by Crippen LogP contribution is 2.29. The van der Waals surface area contributed by atoms with Crippen LogP contribution in [-0.2, 0) is 0 Å². The van der Waals surface area contributed by atoms with Gasteiger partial charge in [0, 0.05) is 33.6 Å². The summed E-state index contributed by atoms with van der Waals surface area (Å²) in [5, 5.41) is 15.4. The van der Waals surface area contributed by atoms with Gasteiger partial charge >= 0.3 is 0 Å². The number of nitrogens with two attached hydrogens (primary N) is 3. The summed E-state index contributed by atoms with van der Waals surface area (Å²) in [6.45, 7) is 0. The third kappa shape index (κ3) is 4.17. The van der Waals surface area contributed by atoms with Gasteiger partial charge in [0.25, 0.3) is 5.91 Å². The molecule has 0 bridgehead atoms. The molecule has 0 heterocycles. The van der Waals surface area contributed by atoms with Crippen molar-refractivity contribution >= 4 is 34.9 Å². The van der Waals surface area contributed by atoms with Gasteiger partial charge in [-0.15, -0.1) is 0 Å². The molecule has 150 valence electrons. The van der Waals surface area contributed by atoms with Gasteiger partial charge in [-0.1, -0.05) is 30.3 Å². The second-order valence-electron chi connectivity index (χ2n) is 6.51. The number of primary amides is 1. The topological polar surface area (TPSA) is 163 Å². The van der Waals surface area contributed by atoms with E-state index in [2.05, 4.69) is 0 Å². The van der Waals surface area contributed by atoms with Crippen LogP contribution in [0.3, 0.4) is 0 Å². The molecule has 0 aliphatic rings. The van der Waals surface area contributed by atoms with Gasteiger partial charge in [-0.3, -0.25) is 25.3 Å². The number of carbonyl (C=O) groups is 2. The van der Waals surface area contributed by atoms with Crippen LogP contribution in [0.4, 0.5) is 11.4 Å². The van der Waals surface area contributed by atoms with Crippen LogP contribution in [0.25, 0.3) is 0 Å². The molecule has 8 nitrogen and oxygen atoms in total. The van der Waals surface area contributed by atoms with Crippen molar-refractivity contribution in [3.8, 4) is 0 Å². The Kier molecular flexibility index (Phi) is 5.59. The number of nitrogens with zero attached hydrogens (tertiary/aromatic N) is 1. The number of rotatable bonds is 6. The fourth-order valence-electron chi connectivity index (χ4n) is 2.94. The summed E-state index contributed by atoms with van der Waals surface area (Å²) in [7, 11) is 0. The second kappa shape index (κ2) is 8.27. The van der Waals surface area contributed by atoms with Gasteiger partial charge in [0.1, 0.15) is 11.7 Å². The molecule has 8 N–H and O–H groups in total. The predicted octanol–water partition coefficient (Wildman–Crippen LogP) is 2.33. The number of amidine groups is 2. The molecule has 0 atom stereocenters. The molecule has 8 heteroatoms. The molecule has 3 aromatic carbocycles. The van der Waals surface area contributed by atoms with Crippen molar-refractivity contribution in [1.29, 1.82) is 10.8 Å². The molecule has 0 saturated heterocycles. The number of hydrogen-bond donors (Lipinski definition) is 5. The maximum atomic E-state index is 13.5. The fraction of sp³-hybridized carbons (Fsp3) is 0. The van der Waals surface area contributed by atoms with Crippen molar-refractivity contribution in [2.24, 2.45) is 17.2 Å². The van der Waals surface area contributed by atoms with Crippen molar-refractivity contribution < 1.29 is 9.59 Å². The highest BCUT2D eigenvalue weighted by Gasteiger charge is 2.22. The zero-order chi connectivity index (χ0) is 21.8. The van der Waals surface area contributed by atoms with Gasteiger partial charge in [0.2, 0.25) is 5.91 Å². The average molecular weight is 400 g/mol. The standard InChI is InChI=1S/C22H20N6O2/c23-19(24)13-4-2-8-17(11-13)28(18-9-3-5-14(12-18)20(25)26)22(30)16-7-1-6-15(10-16)21(27)29/h1-12H,(H3,23,24)(H3,25,26)(H2,27,29). The van der Waals surface area contributed by atoms with Crippen molar-refractivity contribution in [3.63, 3.8) is 0 Å². The molecule has 30 heavy (non-hydrogen) atoms. The summed E-state index contributed by atoms with van der Waals surface area (Å²) in [6, 6.07) is 19.4. The Morgan fingerprint density at radius 1 is 0.633 bits per heavy atom. The second-order valence-corrected chi connectivity index (χ2v) is 6.51. The van der Waals surface area contributed by atoms with Crippen molar-refractivity contribution in [2.45, 2.75) is 0 Å². The fourth-order valence-corrected chi connectivity index (χ4v) is 2.94. The summed E-state index contributed by atoms with van der Waals surface area (Å²) >= 11 is 0.